The second kappa shape index (κ2) is 16.1. The molecule has 5 atom stereocenters. The Labute approximate surface area is 307 Å². The number of rotatable bonds is 10. The highest BCUT2D eigenvalue weighted by atomic mass is 19.1. The van der Waals surface area contributed by atoms with Crippen LogP contribution >= 0.6 is 0 Å². The molecule has 5 fully saturated rings. The molecule has 1 aliphatic carbocycles. The van der Waals surface area contributed by atoms with Crippen molar-refractivity contribution in [3.63, 3.8) is 0 Å². The fourth-order valence-corrected chi connectivity index (χ4v) is 7.91. The molecule has 2 aromatic rings. The highest BCUT2D eigenvalue weighted by molar-refractivity contribution is 5.97. The minimum atomic E-state index is -2.27. The van der Waals surface area contributed by atoms with Gasteiger partial charge >= 0.3 is 11.9 Å². The molecule has 15 nitrogen and oxygen atoms in total. The molecule has 0 radical (unpaired) electrons. The van der Waals surface area contributed by atoms with E-state index >= 15 is 0 Å². The molecule has 2 bridgehead atoms. The molecule has 1 aromatic carbocycles. The third-order valence-electron chi connectivity index (χ3n) is 10.6. The van der Waals surface area contributed by atoms with Gasteiger partial charge in [0.15, 0.2) is 23.8 Å². The van der Waals surface area contributed by atoms with E-state index in [0.717, 1.165) is 58.3 Å². The number of carboxylic acids is 2. The topological polar surface area (TPSA) is 206 Å². The predicted molar refractivity (Wildman–Crippen MR) is 190 cm³/mol. The lowest BCUT2D eigenvalue weighted by Gasteiger charge is -2.55. The van der Waals surface area contributed by atoms with Crippen molar-refractivity contribution in [2.24, 2.45) is 11.3 Å². The summed E-state index contributed by atoms with van der Waals surface area (Å²) in [6, 6.07) is 4.16. The van der Waals surface area contributed by atoms with Crippen molar-refractivity contribution in [3.05, 3.63) is 54.3 Å². The lowest BCUT2D eigenvalue weighted by atomic mass is 9.70. The Balaban J connectivity index is 0.000000476. The number of likely N-dealkylation sites (tertiary alicyclic amines) is 1. The zero-order valence-corrected chi connectivity index (χ0v) is 30.4. The summed E-state index contributed by atoms with van der Waals surface area (Å²) in [4.78, 5) is 61.1. The van der Waals surface area contributed by atoms with E-state index in [-0.39, 0.29) is 52.6 Å². The van der Waals surface area contributed by atoms with Gasteiger partial charge in [0, 0.05) is 55.6 Å². The van der Waals surface area contributed by atoms with Gasteiger partial charge in [0.05, 0.1) is 17.8 Å². The molecular formula is C37H49FN6O9. The number of carbonyl (C=O) groups is 4. The second-order valence-electron chi connectivity index (χ2n) is 15.0. The standard InChI is InChI=1S/C33H43FN6O3.C4H6O6/c1-20(2)40(21(3)4)31(41)26-15-23(34)6-9-27(26)43-28-16-35-19-36-30(28)39-17-33(18-39)10-12-38(13-11-33)32(42)29-25-8-7-24(37-29)14-22(25)5;5-1(3(7)8)2(6)4(9)10/h6,9,15-16,19-21,24-25,29,37H,5,7-8,10-14,17-18H2,1-4H3;1-2,5-6H,(H,7,8)(H,9,10)/t24-,25+,29-;1-,2-/m01/s1. The van der Waals surface area contributed by atoms with Crippen molar-refractivity contribution >= 4 is 29.6 Å². The molecule has 0 unspecified atom stereocenters. The van der Waals surface area contributed by atoms with E-state index in [1.165, 1.54) is 30.1 Å². The number of aliphatic hydroxyl groups excluding tert-OH is 2. The van der Waals surface area contributed by atoms with E-state index in [1.54, 1.807) is 11.1 Å². The van der Waals surface area contributed by atoms with E-state index in [9.17, 15) is 23.6 Å². The fourth-order valence-electron chi connectivity index (χ4n) is 7.91. The fraction of sp³-hybridized carbons (Fsp3) is 0.568. The van der Waals surface area contributed by atoms with Gasteiger partial charge in [0.2, 0.25) is 5.91 Å². The Morgan fingerprint density at radius 3 is 2.17 bits per heavy atom. The van der Waals surface area contributed by atoms with Gasteiger partial charge in [0.1, 0.15) is 17.9 Å². The number of halogens is 1. The van der Waals surface area contributed by atoms with Crippen molar-refractivity contribution in [1.29, 1.82) is 0 Å². The van der Waals surface area contributed by atoms with Crippen LogP contribution in [0.3, 0.4) is 0 Å². The van der Waals surface area contributed by atoms with Crippen LogP contribution in [0.5, 0.6) is 11.5 Å². The highest BCUT2D eigenvalue weighted by Crippen LogP contribution is 2.45. The lowest BCUT2D eigenvalue weighted by Crippen LogP contribution is -2.64. The maximum Gasteiger partial charge on any atom is 0.335 e. The Kier molecular flexibility index (Phi) is 12.0. The largest absolute Gasteiger partial charge is 0.479 e. The Morgan fingerprint density at radius 2 is 1.62 bits per heavy atom. The smallest absolute Gasteiger partial charge is 0.335 e. The van der Waals surface area contributed by atoms with Crippen LogP contribution in [-0.4, -0.2) is 127 Å². The summed E-state index contributed by atoms with van der Waals surface area (Å²) in [7, 11) is 0. The van der Waals surface area contributed by atoms with Crippen LogP contribution in [0.2, 0.25) is 0 Å². The number of hydrogen-bond acceptors (Lipinski definition) is 11. The number of hydrogen-bond donors (Lipinski definition) is 5. The summed E-state index contributed by atoms with van der Waals surface area (Å²) in [6.07, 6.45) is 3.62. The molecule has 5 heterocycles. The third kappa shape index (κ3) is 8.60. The third-order valence-corrected chi connectivity index (χ3v) is 10.6. The van der Waals surface area contributed by atoms with E-state index in [2.05, 4.69) is 26.8 Å². The van der Waals surface area contributed by atoms with Crippen LogP contribution in [0, 0.1) is 17.2 Å². The minimum Gasteiger partial charge on any atom is -0.479 e. The van der Waals surface area contributed by atoms with Crippen LogP contribution < -0.4 is 15.0 Å². The number of ether oxygens (including phenoxy) is 1. The average Bonchev–Trinajstić information content (AvgIpc) is 3.10. The number of amides is 2. The molecule has 4 aliphatic heterocycles. The van der Waals surface area contributed by atoms with Gasteiger partial charge in [-0.05, 0) is 78.0 Å². The zero-order chi connectivity index (χ0) is 38.8. The number of aliphatic carboxylic acids is 2. The first-order chi connectivity index (χ1) is 25.0. The van der Waals surface area contributed by atoms with E-state index < -0.39 is 30.0 Å². The van der Waals surface area contributed by atoms with Gasteiger partial charge in [-0.15, -0.1) is 0 Å². The highest BCUT2D eigenvalue weighted by Gasteiger charge is 2.49. The van der Waals surface area contributed by atoms with Crippen LogP contribution in [0.4, 0.5) is 10.2 Å². The molecule has 1 spiro atoms. The maximum atomic E-state index is 14.3. The van der Waals surface area contributed by atoms with Gasteiger partial charge in [-0.3, -0.25) is 9.59 Å². The van der Waals surface area contributed by atoms with E-state index in [4.69, 9.17) is 25.2 Å². The molecular weight excluding hydrogens is 691 g/mol. The number of anilines is 1. The maximum absolute atomic E-state index is 14.3. The van der Waals surface area contributed by atoms with Crippen LogP contribution in [0.25, 0.3) is 0 Å². The molecule has 5 N–H and O–H groups in total. The normalized spacial score (nSPS) is 22.8. The Morgan fingerprint density at radius 1 is 1.00 bits per heavy atom. The van der Waals surface area contributed by atoms with Crippen molar-refractivity contribution in [1.82, 2.24) is 25.1 Å². The number of nitrogens with one attached hydrogen (secondary N) is 1. The van der Waals surface area contributed by atoms with Crippen molar-refractivity contribution < 1.29 is 48.7 Å². The van der Waals surface area contributed by atoms with Crippen molar-refractivity contribution in [2.75, 3.05) is 31.1 Å². The summed E-state index contributed by atoms with van der Waals surface area (Å²) in [6.45, 7) is 15.1. The molecule has 16 heteroatoms. The van der Waals surface area contributed by atoms with Crippen LogP contribution in [0.1, 0.15) is 70.2 Å². The van der Waals surface area contributed by atoms with Crippen molar-refractivity contribution in [3.8, 4) is 11.5 Å². The van der Waals surface area contributed by atoms with E-state index in [0.29, 0.717) is 17.6 Å². The summed E-state index contributed by atoms with van der Waals surface area (Å²) in [5.74, 6) is -2.50. The quantitative estimate of drug-likeness (QED) is 0.223. The summed E-state index contributed by atoms with van der Waals surface area (Å²) < 4.78 is 20.6. The average molecular weight is 741 g/mol. The zero-order valence-electron chi connectivity index (χ0n) is 30.4. The number of carboxylic acid groups (broad SMARTS) is 2. The van der Waals surface area contributed by atoms with Gasteiger partial charge in [-0.2, -0.15) is 0 Å². The minimum absolute atomic E-state index is 0.0632. The number of nitrogens with zero attached hydrogens (tertiary/aromatic N) is 5. The molecule has 1 aromatic heterocycles. The van der Waals surface area contributed by atoms with Gasteiger partial charge in [0.25, 0.3) is 5.91 Å². The predicted octanol–water partition coefficient (Wildman–Crippen LogP) is 2.67. The molecule has 2 amide bonds. The second-order valence-corrected chi connectivity index (χ2v) is 15.0. The summed E-state index contributed by atoms with van der Waals surface area (Å²) in [5, 5.41) is 36.1. The first-order valence-corrected chi connectivity index (χ1v) is 17.9. The molecule has 1 saturated carbocycles. The SMILES string of the molecule is C=C1C[C@@H]2CC[C@H]1[C@@H](C(=O)N1CCC3(CC1)CN(c1ncncc1Oc1ccc(F)cc1C(=O)N(C(C)C)C(C)C)C3)N2.O=C(O)[C@H](O)[C@@H](O)C(=O)O. The lowest BCUT2D eigenvalue weighted by molar-refractivity contribution is -0.165. The Hall–Kier alpha value is -4.67. The number of carbonyl (C=O) groups excluding carboxylic acids is 2. The van der Waals surface area contributed by atoms with Gasteiger partial charge in [-0.1, -0.05) is 12.2 Å². The van der Waals surface area contributed by atoms with Crippen molar-refractivity contribution in [2.45, 2.75) is 96.2 Å². The molecule has 5 aliphatic rings. The first kappa shape index (κ1) is 39.5. The summed E-state index contributed by atoms with van der Waals surface area (Å²) >= 11 is 0. The monoisotopic (exact) mass is 740 g/mol. The molecule has 53 heavy (non-hydrogen) atoms. The van der Waals surface area contributed by atoms with Crippen LogP contribution in [0.15, 0.2) is 42.9 Å². The number of aromatic nitrogens is 2. The summed E-state index contributed by atoms with van der Waals surface area (Å²) in [5.41, 5.74) is 1.51. The van der Waals surface area contributed by atoms with Gasteiger partial charge < -0.3 is 45.2 Å². The number of aliphatic hydroxyl groups is 2. The van der Waals surface area contributed by atoms with Gasteiger partial charge in [-0.25, -0.2) is 23.9 Å². The molecule has 7 rings (SSSR count). The number of fused-ring (bicyclic) bond motifs is 3. The first-order valence-electron chi connectivity index (χ1n) is 17.9. The number of benzene rings is 1. The molecule has 4 saturated heterocycles. The Bertz CT molecular complexity index is 1680. The van der Waals surface area contributed by atoms with E-state index in [1.807, 2.05) is 32.6 Å². The molecule has 288 valence electrons. The van der Waals surface area contributed by atoms with Crippen LogP contribution in [-0.2, 0) is 14.4 Å². The number of piperidine rings is 3.